The molecule has 0 fully saturated rings. The number of hydrogen-bond donors (Lipinski definition) is 1. The molecule has 0 spiro atoms. The number of halogens is 4. The van der Waals surface area contributed by atoms with Crippen molar-refractivity contribution in [3.05, 3.63) is 54.6 Å². The maximum atomic E-state index is 13.6. The highest BCUT2D eigenvalue weighted by Crippen LogP contribution is 2.21. The Morgan fingerprint density at radius 1 is 1.16 bits per heavy atom. The lowest BCUT2D eigenvalue weighted by molar-refractivity contribution is 0.0943. The molecule has 7 heteroatoms. The number of carbonyl (C=O) groups is 1. The van der Waals surface area contributed by atoms with Crippen molar-refractivity contribution >= 4 is 49.1 Å². The number of nitrogens with one attached hydrogen (secondary N) is 1. The van der Waals surface area contributed by atoms with Crippen LogP contribution in [0.1, 0.15) is 15.2 Å². The predicted octanol–water partition coefficient (Wildman–Crippen LogP) is 4.48. The van der Waals surface area contributed by atoms with E-state index in [0.29, 0.717) is 0 Å². The average molecular weight is 411 g/mol. The zero-order chi connectivity index (χ0) is 14.0. The van der Waals surface area contributed by atoms with Gasteiger partial charge in [-0.25, -0.2) is 8.78 Å². The summed E-state index contributed by atoms with van der Waals surface area (Å²) in [7, 11) is 0. The molecular formula is C12H7Br2F2NOS. The van der Waals surface area contributed by atoms with Crippen molar-refractivity contribution in [3.63, 3.8) is 0 Å². The van der Waals surface area contributed by atoms with Crippen LogP contribution >= 0.6 is 43.2 Å². The predicted molar refractivity (Wildman–Crippen MR) is 77.2 cm³/mol. The lowest BCUT2D eigenvalue weighted by Crippen LogP contribution is -2.24. The third-order valence-electron chi connectivity index (χ3n) is 2.28. The van der Waals surface area contributed by atoms with Crippen LogP contribution in [0.5, 0.6) is 0 Å². The van der Waals surface area contributed by atoms with E-state index in [2.05, 4.69) is 37.2 Å². The van der Waals surface area contributed by atoms with E-state index in [4.69, 9.17) is 0 Å². The second kappa shape index (κ2) is 6.11. The summed E-state index contributed by atoms with van der Waals surface area (Å²) in [5.41, 5.74) is -0.571. The van der Waals surface area contributed by atoms with Crippen LogP contribution in [-0.2, 0) is 6.54 Å². The molecule has 0 radical (unpaired) electrons. The number of thiophene rings is 1. The van der Waals surface area contributed by atoms with Crippen molar-refractivity contribution in [2.45, 2.75) is 6.54 Å². The van der Waals surface area contributed by atoms with Crippen LogP contribution in [0, 0.1) is 11.6 Å². The lowest BCUT2D eigenvalue weighted by atomic mass is 10.2. The summed E-state index contributed by atoms with van der Waals surface area (Å²) in [6, 6.07) is 3.94. The highest BCUT2D eigenvalue weighted by Gasteiger charge is 2.18. The van der Waals surface area contributed by atoms with E-state index in [0.717, 1.165) is 21.5 Å². The molecule has 0 atom stereocenters. The Bertz CT molecular complexity index is 607. The molecule has 1 aromatic heterocycles. The van der Waals surface area contributed by atoms with Gasteiger partial charge in [-0.2, -0.15) is 0 Å². The standard InChI is InChI=1S/C12H7Br2F2NOS/c13-6-2-9(15)11(10(16)3-6)12(18)17-4-8-1-7(14)5-19-8/h1-3,5H,4H2,(H,17,18). The van der Waals surface area contributed by atoms with E-state index >= 15 is 0 Å². The van der Waals surface area contributed by atoms with Gasteiger partial charge in [0.05, 0.1) is 6.54 Å². The fourth-order valence-electron chi connectivity index (χ4n) is 1.46. The van der Waals surface area contributed by atoms with E-state index in [1.165, 1.54) is 11.3 Å². The second-order valence-electron chi connectivity index (χ2n) is 3.66. The maximum Gasteiger partial charge on any atom is 0.257 e. The van der Waals surface area contributed by atoms with Crippen LogP contribution in [0.25, 0.3) is 0 Å². The number of amides is 1. The van der Waals surface area contributed by atoms with Crippen molar-refractivity contribution in [1.29, 1.82) is 0 Å². The van der Waals surface area contributed by atoms with Crippen molar-refractivity contribution < 1.29 is 13.6 Å². The number of carbonyl (C=O) groups excluding carboxylic acids is 1. The molecule has 2 rings (SSSR count). The molecule has 0 saturated carbocycles. The first kappa shape index (κ1) is 14.6. The minimum Gasteiger partial charge on any atom is -0.347 e. The Morgan fingerprint density at radius 3 is 2.32 bits per heavy atom. The van der Waals surface area contributed by atoms with Gasteiger partial charge in [0.25, 0.3) is 5.91 Å². The molecule has 1 aromatic carbocycles. The first-order chi connectivity index (χ1) is 8.97. The molecule has 0 bridgehead atoms. The minimum absolute atomic E-state index is 0.226. The van der Waals surface area contributed by atoms with Crippen LogP contribution in [0.4, 0.5) is 8.78 Å². The van der Waals surface area contributed by atoms with Crippen LogP contribution in [-0.4, -0.2) is 5.91 Å². The number of rotatable bonds is 3. The summed E-state index contributed by atoms with van der Waals surface area (Å²) in [4.78, 5) is 12.7. The molecule has 0 aliphatic rings. The first-order valence-electron chi connectivity index (χ1n) is 5.13. The summed E-state index contributed by atoms with van der Waals surface area (Å²) in [6.07, 6.45) is 0. The Labute approximate surface area is 129 Å². The zero-order valence-electron chi connectivity index (χ0n) is 9.34. The largest absolute Gasteiger partial charge is 0.347 e. The SMILES string of the molecule is O=C(NCc1cc(Br)cs1)c1c(F)cc(Br)cc1F. The van der Waals surface area contributed by atoms with Crippen LogP contribution < -0.4 is 5.32 Å². The summed E-state index contributed by atoms with van der Waals surface area (Å²) in [5, 5.41) is 4.35. The van der Waals surface area contributed by atoms with Crippen molar-refractivity contribution in [3.8, 4) is 0 Å². The highest BCUT2D eigenvalue weighted by atomic mass is 79.9. The van der Waals surface area contributed by atoms with E-state index in [9.17, 15) is 13.6 Å². The molecule has 0 aliphatic heterocycles. The number of hydrogen-bond acceptors (Lipinski definition) is 2. The van der Waals surface area contributed by atoms with Gasteiger partial charge < -0.3 is 5.32 Å². The van der Waals surface area contributed by atoms with Crippen molar-refractivity contribution in [2.24, 2.45) is 0 Å². The van der Waals surface area contributed by atoms with Gasteiger partial charge in [0, 0.05) is 19.2 Å². The molecule has 1 amide bonds. The zero-order valence-corrected chi connectivity index (χ0v) is 13.3. The molecule has 1 N–H and O–H groups in total. The quantitative estimate of drug-likeness (QED) is 0.793. The molecule has 0 unspecified atom stereocenters. The van der Waals surface area contributed by atoms with E-state index in [1.807, 2.05) is 11.4 Å². The Morgan fingerprint density at radius 2 is 1.79 bits per heavy atom. The van der Waals surface area contributed by atoms with Gasteiger partial charge in [-0.15, -0.1) is 11.3 Å². The van der Waals surface area contributed by atoms with Gasteiger partial charge in [0.2, 0.25) is 0 Å². The van der Waals surface area contributed by atoms with Crippen LogP contribution in [0.3, 0.4) is 0 Å². The van der Waals surface area contributed by atoms with Gasteiger partial charge in [0.1, 0.15) is 17.2 Å². The fourth-order valence-corrected chi connectivity index (χ4v) is 3.25. The fraction of sp³-hybridized carbons (Fsp3) is 0.0833. The summed E-state index contributed by atoms with van der Waals surface area (Å²) in [6.45, 7) is 0.226. The summed E-state index contributed by atoms with van der Waals surface area (Å²) in [5.74, 6) is -2.56. The van der Waals surface area contributed by atoms with Crippen molar-refractivity contribution in [1.82, 2.24) is 5.32 Å². The van der Waals surface area contributed by atoms with Crippen LogP contribution in [0.15, 0.2) is 32.5 Å². The maximum absolute atomic E-state index is 13.6. The van der Waals surface area contributed by atoms with Gasteiger partial charge in [-0.1, -0.05) is 15.9 Å². The summed E-state index contributed by atoms with van der Waals surface area (Å²) < 4.78 is 28.3. The normalized spacial score (nSPS) is 10.5. The van der Waals surface area contributed by atoms with Gasteiger partial charge >= 0.3 is 0 Å². The van der Waals surface area contributed by atoms with Gasteiger partial charge in [-0.3, -0.25) is 4.79 Å². The molecule has 100 valence electrons. The van der Waals surface area contributed by atoms with Gasteiger partial charge in [0.15, 0.2) is 0 Å². The number of benzene rings is 1. The summed E-state index contributed by atoms with van der Waals surface area (Å²) >= 11 is 7.69. The Balaban J connectivity index is 2.12. The van der Waals surface area contributed by atoms with E-state index < -0.39 is 23.1 Å². The minimum atomic E-state index is -0.892. The lowest BCUT2D eigenvalue weighted by Gasteiger charge is -2.06. The topological polar surface area (TPSA) is 29.1 Å². The third-order valence-corrected chi connectivity index (χ3v) is 4.43. The van der Waals surface area contributed by atoms with E-state index in [1.54, 1.807) is 0 Å². The average Bonchev–Trinajstić information content (AvgIpc) is 2.71. The van der Waals surface area contributed by atoms with Crippen molar-refractivity contribution in [2.75, 3.05) is 0 Å². The molecule has 1 heterocycles. The Hall–Kier alpha value is -0.790. The highest BCUT2D eigenvalue weighted by molar-refractivity contribution is 9.10. The molecule has 2 aromatic rings. The van der Waals surface area contributed by atoms with Crippen LogP contribution in [0.2, 0.25) is 0 Å². The molecule has 2 nitrogen and oxygen atoms in total. The second-order valence-corrected chi connectivity index (χ2v) is 6.49. The van der Waals surface area contributed by atoms with E-state index in [-0.39, 0.29) is 11.0 Å². The smallest absolute Gasteiger partial charge is 0.257 e. The molecule has 19 heavy (non-hydrogen) atoms. The van der Waals surface area contributed by atoms with Gasteiger partial charge in [-0.05, 0) is 34.1 Å². The first-order valence-corrected chi connectivity index (χ1v) is 7.59. The molecule has 0 saturated heterocycles. The third kappa shape index (κ3) is 3.61. The molecular weight excluding hydrogens is 404 g/mol. The monoisotopic (exact) mass is 409 g/mol. The molecule has 0 aliphatic carbocycles. The Kier molecular flexibility index (Phi) is 4.70.